The Balaban J connectivity index is 1.75. The van der Waals surface area contributed by atoms with E-state index in [9.17, 15) is 0 Å². The molecule has 0 amide bonds. The highest BCUT2D eigenvalue weighted by Gasteiger charge is 2.30. The van der Waals surface area contributed by atoms with Crippen LogP contribution in [0.3, 0.4) is 0 Å². The molecule has 1 aliphatic rings. The van der Waals surface area contributed by atoms with Gasteiger partial charge in [0, 0.05) is 25.0 Å². The summed E-state index contributed by atoms with van der Waals surface area (Å²) in [4.78, 5) is 4.28. The van der Waals surface area contributed by atoms with Crippen LogP contribution in [0.1, 0.15) is 30.1 Å². The molecule has 1 saturated carbocycles. The average molecular weight is 249 g/mol. The van der Waals surface area contributed by atoms with Gasteiger partial charge in [-0.15, -0.1) is 0 Å². The van der Waals surface area contributed by atoms with Crippen molar-refractivity contribution in [1.82, 2.24) is 13.9 Å². The maximum absolute atomic E-state index is 5.90. The van der Waals surface area contributed by atoms with Gasteiger partial charge in [0.25, 0.3) is 0 Å². The monoisotopic (exact) mass is 249 g/mol. The van der Waals surface area contributed by atoms with E-state index in [2.05, 4.69) is 14.7 Å². The van der Waals surface area contributed by atoms with Crippen molar-refractivity contribution in [1.29, 1.82) is 0 Å². The predicted octanol–water partition coefficient (Wildman–Crippen LogP) is 1.95. The number of aryl methyl sites for hydroxylation is 1. The predicted molar refractivity (Wildman–Crippen MR) is 69.0 cm³/mol. The Morgan fingerprint density at radius 3 is 3.06 bits per heavy atom. The van der Waals surface area contributed by atoms with Crippen LogP contribution in [0, 0.1) is 0 Å². The van der Waals surface area contributed by atoms with Gasteiger partial charge < -0.3 is 15.6 Å². The molecule has 2 heterocycles. The second kappa shape index (κ2) is 4.03. The molecule has 90 valence electrons. The zero-order valence-corrected chi connectivity index (χ0v) is 10.5. The SMILES string of the molecule is Cn1ccnc1CNc1snc(N)c1C1CC1. The molecule has 0 atom stereocenters. The first kappa shape index (κ1) is 10.6. The van der Waals surface area contributed by atoms with E-state index in [4.69, 9.17) is 5.73 Å². The van der Waals surface area contributed by atoms with Gasteiger partial charge in [0.1, 0.15) is 16.6 Å². The standard InChI is InChI=1S/C11H15N5S/c1-16-5-4-13-8(16)6-14-11-9(7-2-3-7)10(12)15-17-11/h4-5,7,14H,2-3,6H2,1H3,(H2,12,15). The van der Waals surface area contributed by atoms with E-state index in [-0.39, 0.29) is 0 Å². The van der Waals surface area contributed by atoms with Gasteiger partial charge in [0.05, 0.1) is 6.54 Å². The van der Waals surface area contributed by atoms with E-state index < -0.39 is 0 Å². The van der Waals surface area contributed by atoms with Gasteiger partial charge in [0.2, 0.25) is 0 Å². The molecule has 17 heavy (non-hydrogen) atoms. The van der Waals surface area contributed by atoms with Gasteiger partial charge in [-0.2, -0.15) is 4.37 Å². The molecular weight excluding hydrogens is 234 g/mol. The summed E-state index contributed by atoms with van der Waals surface area (Å²) < 4.78 is 6.24. The summed E-state index contributed by atoms with van der Waals surface area (Å²) in [6, 6.07) is 0. The number of nitrogens with one attached hydrogen (secondary N) is 1. The molecule has 6 heteroatoms. The van der Waals surface area contributed by atoms with E-state index in [0.29, 0.717) is 18.3 Å². The van der Waals surface area contributed by atoms with Crippen LogP contribution in [0.5, 0.6) is 0 Å². The number of nitrogens with zero attached hydrogens (tertiary/aromatic N) is 3. The van der Waals surface area contributed by atoms with Gasteiger partial charge in [-0.05, 0) is 30.3 Å². The van der Waals surface area contributed by atoms with Crippen LogP contribution in [0.15, 0.2) is 12.4 Å². The number of hydrogen-bond acceptors (Lipinski definition) is 5. The second-order valence-corrected chi connectivity index (χ2v) is 5.17. The molecule has 1 aliphatic carbocycles. The third kappa shape index (κ3) is 2.00. The Labute approximate surface area is 104 Å². The molecule has 0 aliphatic heterocycles. The number of aromatic nitrogens is 3. The highest BCUT2D eigenvalue weighted by molar-refractivity contribution is 7.10. The second-order valence-electron chi connectivity index (χ2n) is 4.39. The topological polar surface area (TPSA) is 68.8 Å². The van der Waals surface area contributed by atoms with Crippen LogP contribution < -0.4 is 11.1 Å². The van der Waals surface area contributed by atoms with Crippen molar-refractivity contribution in [2.75, 3.05) is 11.1 Å². The Morgan fingerprint density at radius 1 is 1.59 bits per heavy atom. The normalized spacial score (nSPS) is 15.1. The van der Waals surface area contributed by atoms with Crippen molar-refractivity contribution < 1.29 is 0 Å². The highest BCUT2D eigenvalue weighted by atomic mass is 32.1. The fraction of sp³-hybridized carbons (Fsp3) is 0.455. The molecule has 0 aromatic carbocycles. The largest absolute Gasteiger partial charge is 0.383 e. The average Bonchev–Trinajstić information content (AvgIpc) is 2.96. The summed E-state index contributed by atoms with van der Waals surface area (Å²) in [7, 11) is 1.99. The molecule has 0 radical (unpaired) electrons. The smallest absolute Gasteiger partial charge is 0.142 e. The Hall–Kier alpha value is -1.56. The lowest BCUT2D eigenvalue weighted by Gasteiger charge is -2.06. The molecule has 0 spiro atoms. The van der Waals surface area contributed by atoms with Crippen LogP contribution in [-0.2, 0) is 13.6 Å². The van der Waals surface area contributed by atoms with Crippen molar-refractivity contribution in [2.24, 2.45) is 7.05 Å². The Kier molecular flexibility index (Phi) is 2.51. The van der Waals surface area contributed by atoms with Crippen molar-refractivity contribution in [2.45, 2.75) is 25.3 Å². The fourth-order valence-corrected chi connectivity index (χ4v) is 2.72. The maximum Gasteiger partial charge on any atom is 0.142 e. The van der Waals surface area contributed by atoms with Gasteiger partial charge >= 0.3 is 0 Å². The van der Waals surface area contributed by atoms with E-state index in [1.54, 1.807) is 6.20 Å². The van der Waals surface area contributed by atoms with Gasteiger partial charge in [-0.1, -0.05) is 0 Å². The zero-order valence-electron chi connectivity index (χ0n) is 9.68. The zero-order chi connectivity index (χ0) is 11.8. The van der Waals surface area contributed by atoms with Crippen molar-refractivity contribution >= 4 is 22.4 Å². The van der Waals surface area contributed by atoms with Crippen LogP contribution >= 0.6 is 11.5 Å². The molecule has 5 nitrogen and oxygen atoms in total. The molecule has 0 bridgehead atoms. The lowest BCUT2D eigenvalue weighted by atomic mass is 10.2. The number of anilines is 2. The quantitative estimate of drug-likeness (QED) is 0.869. The van der Waals surface area contributed by atoms with E-state index in [1.165, 1.54) is 29.9 Å². The first-order chi connectivity index (χ1) is 8.25. The third-order valence-corrected chi connectivity index (χ3v) is 3.90. The number of nitrogens with two attached hydrogens (primary N) is 1. The van der Waals surface area contributed by atoms with E-state index in [1.807, 2.05) is 17.8 Å². The minimum Gasteiger partial charge on any atom is -0.383 e. The van der Waals surface area contributed by atoms with Gasteiger partial charge in [-0.3, -0.25) is 0 Å². The molecule has 0 unspecified atom stereocenters. The van der Waals surface area contributed by atoms with Crippen molar-refractivity contribution in [3.05, 3.63) is 23.8 Å². The maximum atomic E-state index is 5.90. The molecule has 3 rings (SSSR count). The molecule has 3 N–H and O–H groups in total. The summed E-state index contributed by atoms with van der Waals surface area (Å²) in [6.45, 7) is 0.713. The molecular formula is C11H15N5S. The lowest BCUT2D eigenvalue weighted by molar-refractivity contribution is 0.813. The third-order valence-electron chi connectivity index (χ3n) is 3.07. The minimum atomic E-state index is 0.623. The van der Waals surface area contributed by atoms with Crippen molar-refractivity contribution in [3.63, 3.8) is 0 Å². The molecule has 2 aromatic heterocycles. The number of rotatable bonds is 4. The lowest BCUT2D eigenvalue weighted by Crippen LogP contribution is -2.06. The summed E-state index contributed by atoms with van der Waals surface area (Å²) in [5.41, 5.74) is 7.11. The number of nitrogen functional groups attached to an aromatic ring is 1. The van der Waals surface area contributed by atoms with E-state index >= 15 is 0 Å². The van der Waals surface area contributed by atoms with Crippen LogP contribution in [0.2, 0.25) is 0 Å². The van der Waals surface area contributed by atoms with Crippen LogP contribution in [-0.4, -0.2) is 13.9 Å². The van der Waals surface area contributed by atoms with Crippen molar-refractivity contribution in [3.8, 4) is 0 Å². The molecule has 1 fully saturated rings. The Bertz CT molecular complexity index is 526. The number of hydrogen-bond donors (Lipinski definition) is 2. The highest BCUT2D eigenvalue weighted by Crippen LogP contribution is 2.47. The first-order valence-corrected chi connectivity index (χ1v) is 6.48. The van der Waals surface area contributed by atoms with E-state index in [0.717, 1.165) is 10.8 Å². The summed E-state index contributed by atoms with van der Waals surface area (Å²) in [5, 5.41) is 4.50. The van der Waals surface area contributed by atoms with Gasteiger partial charge in [-0.25, -0.2) is 4.98 Å². The fourth-order valence-electron chi connectivity index (χ4n) is 1.93. The summed E-state index contributed by atoms with van der Waals surface area (Å²) in [5.74, 6) is 2.33. The van der Waals surface area contributed by atoms with Gasteiger partial charge in [0.15, 0.2) is 0 Å². The van der Waals surface area contributed by atoms with Crippen LogP contribution in [0.25, 0.3) is 0 Å². The Morgan fingerprint density at radius 2 is 2.41 bits per heavy atom. The van der Waals surface area contributed by atoms with Crippen LogP contribution in [0.4, 0.5) is 10.8 Å². The first-order valence-electron chi connectivity index (χ1n) is 5.71. The summed E-state index contributed by atoms with van der Waals surface area (Å²) in [6.07, 6.45) is 6.22. The molecule has 2 aromatic rings. The summed E-state index contributed by atoms with van der Waals surface area (Å²) >= 11 is 1.45. The minimum absolute atomic E-state index is 0.623. The molecule has 0 saturated heterocycles. The number of imidazole rings is 1.